The van der Waals surface area contributed by atoms with E-state index >= 15 is 4.39 Å². The fourth-order valence-corrected chi connectivity index (χ4v) is 11.4. The zero-order chi connectivity index (χ0) is 58.8. The van der Waals surface area contributed by atoms with Crippen LogP contribution < -0.4 is 31.7 Å². The molecular weight excluding hydrogens is 1050 g/mol. The van der Waals surface area contributed by atoms with E-state index in [-0.39, 0.29) is 69.0 Å². The molecule has 6 rings (SSSR count). The Labute approximate surface area is 472 Å². The molecule has 8 amide bonds. The van der Waals surface area contributed by atoms with E-state index in [0.717, 1.165) is 21.7 Å². The first-order valence-corrected chi connectivity index (χ1v) is 28.6. The van der Waals surface area contributed by atoms with Gasteiger partial charge in [-0.3, -0.25) is 33.6 Å². The highest BCUT2D eigenvalue weighted by molar-refractivity contribution is 7.13. The average molecular weight is 1130 g/mol. The molecule has 1 aromatic heterocycles. The number of carbonyl (C=O) groups is 8. The number of nitrogens with zero attached hydrogens (tertiary/aromatic N) is 4. The van der Waals surface area contributed by atoms with Gasteiger partial charge >= 0.3 is 6.09 Å². The van der Waals surface area contributed by atoms with Crippen molar-refractivity contribution in [2.24, 2.45) is 11.1 Å². The van der Waals surface area contributed by atoms with Crippen molar-refractivity contribution < 1.29 is 57.3 Å². The number of rotatable bonds is 21. The highest BCUT2D eigenvalue weighted by Gasteiger charge is 2.47. The summed E-state index contributed by atoms with van der Waals surface area (Å²) in [5, 5.41) is 22.2. The van der Waals surface area contributed by atoms with Gasteiger partial charge < -0.3 is 56.3 Å². The Morgan fingerprint density at radius 3 is 2.24 bits per heavy atom. The van der Waals surface area contributed by atoms with Crippen LogP contribution in [0.25, 0.3) is 10.4 Å². The molecule has 0 aliphatic carbocycles. The number of amides is 8. The van der Waals surface area contributed by atoms with Crippen LogP contribution in [0.5, 0.6) is 5.75 Å². The predicted molar refractivity (Wildman–Crippen MR) is 299 cm³/mol. The number of ether oxygens (including phenoxy) is 2. The first-order valence-electron chi connectivity index (χ1n) is 27.8. The molecule has 0 radical (unpaired) electrons. The van der Waals surface area contributed by atoms with Crippen molar-refractivity contribution in [1.29, 1.82) is 0 Å². The van der Waals surface area contributed by atoms with Gasteiger partial charge in [0.15, 0.2) is 11.6 Å². The van der Waals surface area contributed by atoms with Crippen molar-refractivity contribution in [3.05, 3.63) is 70.1 Å². The number of alkyl carbamates (subject to hydrolysis) is 1. The maximum Gasteiger partial charge on any atom is 0.408 e. The Balaban J connectivity index is 1.01. The summed E-state index contributed by atoms with van der Waals surface area (Å²) in [6.45, 7) is 17.4. The Hall–Kier alpha value is -6.68. The number of unbranched alkanes of at least 4 members (excludes halogenated alkanes) is 2. The summed E-state index contributed by atoms with van der Waals surface area (Å²) < 4.78 is 27.6. The second-order valence-corrected chi connectivity index (χ2v) is 24.5. The molecule has 0 saturated carbocycles. The zero-order valence-corrected chi connectivity index (χ0v) is 48.8. The number of nitrogens with two attached hydrogens (primary N) is 1. The standard InChI is InChI=1S/C58H82FN9O11S/c1-33-26-39(14-12-11-13-15-48(72)65-51(57(5,6)7)55(76)67-29-42(70)28-45(67)53(74)62-34(2)37-16-18-38(19-17-37)50-35(3)61-32-80-50)49(59)46(27-33)78-31-40(20-23-47(60)71)63-52(73)44-22-21-41-24-25-66(36(4)69)30-43(54(75)68(41)44)64-56(77)79-58(8,9)10/h16-19,26-27,32,34,40-45,51,70H,11-15,20-25,28-31H2,1-10H3,(H2,60,71)(H,62,74)(H,63,73)(H,64,77)(H,65,72)/t34-,40-,41+,42+,43-,44-,45-,51?/m0/s1. The summed E-state index contributed by atoms with van der Waals surface area (Å²) in [5.41, 5.74) is 9.63. The number of nitrogens with one attached hydrogen (secondary N) is 4. The molecule has 3 fully saturated rings. The predicted octanol–water partition coefficient (Wildman–Crippen LogP) is 5.67. The summed E-state index contributed by atoms with van der Waals surface area (Å²) in [6.07, 6.45) is 1.30. The van der Waals surface area contributed by atoms with Gasteiger partial charge in [-0.25, -0.2) is 14.2 Å². The van der Waals surface area contributed by atoms with Gasteiger partial charge in [0.05, 0.1) is 40.8 Å². The van der Waals surface area contributed by atoms with E-state index in [2.05, 4.69) is 26.3 Å². The number of carbonyl (C=O) groups excluding carboxylic acids is 8. The number of fused-ring (bicyclic) bond motifs is 1. The number of likely N-dealkylation sites (tertiary alicyclic amines) is 1. The number of β-amino-alcohol motifs (C(OH)–C–C–N with tert-alkyl or cyclic N) is 1. The van der Waals surface area contributed by atoms with E-state index < -0.39 is 94.8 Å². The van der Waals surface area contributed by atoms with Gasteiger partial charge in [0.1, 0.15) is 36.4 Å². The van der Waals surface area contributed by atoms with Gasteiger partial charge in [-0.1, -0.05) is 57.5 Å². The summed E-state index contributed by atoms with van der Waals surface area (Å²) >= 11 is 1.55. The molecule has 3 aliphatic heterocycles. The topological polar surface area (TPSA) is 272 Å². The third kappa shape index (κ3) is 16.9. The number of benzene rings is 2. The molecule has 80 heavy (non-hydrogen) atoms. The molecule has 22 heteroatoms. The number of aromatic nitrogens is 1. The monoisotopic (exact) mass is 1130 g/mol. The van der Waals surface area contributed by atoms with Crippen molar-refractivity contribution >= 4 is 58.8 Å². The van der Waals surface area contributed by atoms with Crippen LogP contribution in [0.1, 0.15) is 148 Å². The third-order valence-electron chi connectivity index (χ3n) is 14.8. The van der Waals surface area contributed by atoms with Crippen LogP contribution in [0, 0.1) is 25.1 Å². The molecule has 4 heterocycles. The van der Waals surface area contributed by atoms with Crippen molar-refractivity contribution in [2.75, 3.05) is 26.2 Å². The quantitative estimate of drug-likeness (QED) is 0.0705. The van der Waals surface area contributed by atoms with E-state index in [1.807, 2.05) is 58.9 Å². The van der Waals surface area contributed by atoms with Gasteiger partial charge in [0.25, 0.3) is 0 Å². The Kier molecular flexibility index (Phi) is 21.2. The fourth-order valence-electron chi connectivity index (χ4n) is 10.6. The zero-order valence-electron chi connectivity index (χ0n) is 47.9. The molecule has 2 aromatic carbocycles. The van der Waals surface area contributed by atoms with Gasteiger partial charge in [-0.05, 0) is 120 Å². The molecule has 3 aliphatic rings. The maximum absolute atomic E-state index is 16.2. The van der Waals surface area contributed by atoms with Crippen molar-refractivity contribution in [3.63, 3.8) is 0 Å². The lowest BCUT2D eigenvalue weighted by Crippen LogP contribution is -2.61. The van der Waals surface area contributed by atoms with E-state index in [4.69, 9.17) is 15.2 Å². The third-order valence-corrected chi connectivity index (χ3v) is 15.8. The Morgan fingerprint density at radius 2 is 1.60 bits per heavy atom. The lowest BCUT2D eigenvalue weighted by molar-refractivity contribution is -0.145. The van der Waals surface area contributed by atoms with Crippen LogP contribution in [-0.4, -0.2) is 146 Å². The average Bonchev–Trinajstić information content (AvgIpc) is 4.12. The van der Waals surface area contributed by atoms with Crippen molar-refractivity contribution in [3.8, 4) is 16.2 Å². The van der Waals surface area contributed by atoms with E-state index in [0.29, 0.717) is 62.6 Å². The molecule has 20 nitrogen and oxygen atoms in total. The normalized spacial score (nSPS) is 20.6. The largest absolute Gasteiger partial charge is 0.488 e. The number of hydrogen-bond acceptors (Lipinski definition) is 13. The van der Waals surface area contributed by atoms with Gasteiger partial charge in [-0.15, -0.1) is 11.3 Å². The first kappa shape index (κ1) is 62.5. The molecule has 3 saturated heterocycles. The lowest BCUT2D eigenvalue weighted by Gasteiger charge is -2.38. The number of hydrogen-bond donors (Lipinski definition) is 6. The Morgan fingerprint density at radius 1 is 0.900 bits per heavy atom. The molecule has 8 atom stereocenters. The van der Waals surface area contributed by atoms with Crippen molar-refractivity contribution in [2.45, 2.75) is 194 Å². The summed E-state index contributed by atoms with van der Waals surface area (Å²) in [5.74, 6) is -3.84. The van der Waals surface area contributed by atoms with E-state index in [1.54, 1.807) is 50.6 Å². The number of thiazole rings is 1. The van der Waals surface area contributed by atoms with Gasteiger partial charge in [0, 0.05) is 45.3 Å². The second kappa shape index (κ2) is 27.2. The highest BCUT2D eigenvalue weighted by Crippen LogP contribution is 2.33. The molecule has 0 spiro atoms. The van der Waals surface area contributed by atoms with Crippen LogP contribution in [0.3, 0.4) is 0 Å². The minimum atomic E-state index is -1.19. The molecule has 438 valence electrons. The van der Waals surface area contributed by atoms with Gasteiger partial charge in [0.2, 0.25) is 41.4 Å². The van der Waals surface area contributed by atoms with Crippen molar-refractivity contribution in [1.82, 2.24) is 41.0 Å². The minimum absolute atomic E-state index is 0.0547. The lowest BCUT2D eigenvalue weighted by atomic mass is 9.85. The number of halogens is 1. The number of aryl methyl sites for hydroxylation is 3. The fraction of sp³-hybridized carbons (Fsp3) is 0.603. The SMILES string of the molecule is CC(=O)N1CC[C@H]2CC[C@@H](C(=O)N[C@@H](CCC(N)=O)COc3cc(C)cc(CCCCCC(=O)NC(C(=O)N4C[C@H](O)C[C@H]4C(=O)N[C@@H](C)c4ccc(-c5scnc5C)cc4)C(C)(C)C)c3F)N2C(=O)[C@@H](NC(=O)OC(C)(C)C)C1. The summed E-state index contributed by atoms with van der Waals surface area (Å²) in [6, 6.07) is 5.40. The molecular formula is C58H82FN9O11S. The number of aliphatic hydroxyl groups excluding tert-OH is 1. The van der Waals surface area contributed by atoms with Crippen LogP contribution >= 0.6 is 11.3 Å². The first-order chi connectivity index (χ1) is 37.6. The Bertz CT molecular complexity index is 2730. The number of aliphatic hydroxyl groups is 1. The van der Waals surface area contributed by atoms with Crippen LogP contribution in [-0.2, 0) is 44.7 Å². The second-order valence-electron chi connectivity index (χ2n) is 23.6. The van der Waals surface area contributed by atoms with Crippen LogP contribution in [0.2, 0.25) is 0 Å². The van der Waals surface area contributed by atoms with Crippen LogP contribution in [0.15, 0.2) is 41.9 Å². The van der Waals surface area contributed by atoms with Crippen LogP contribution in [0.4, 0.5) is 9.18 Å². The smallest absolute Gasteiger partial charge is 0.408 e. The molecule has 1 unspecified atom stereocenters. The summed E-state index contributed by atoms with van der Waals surface area (Å²) in [4.78, 5) is 117. The maximum atomic E-state index is 16.2. The summed E-state index contributed by atoms with van der Waals surface area (Å²) in [7, 11) is 0. The minimum Gasteiger partial charge on any atom is -0.488 e. The molecule has 0 bridgehead atoms. The van der Waals surface area contributed by atoms with E-state index in [1.165, 1.54) is 27.7 Å². The number of primary amides is 1. The molecule has 7 N–H and O–H groups in total. The molecule has 3 aromatic rings. The highest BCUT2D eigenvalue weighted by atomic mass is 32.1. The van der Waals surface area contributed by atoms with Gasteiger partial charge in [-0.2, -0.15) is 0 Å². The van der Waals surface area contributed by atoms with E-state index in [9.17, 15) is 43.5 Å².